The van der Waals surface area contributed by atoms with Crippen LogP contribution in [0.2, 0.25) is 0 Å². The molecule has 11 heavy (non-hydrogen) atoms. The Bertz CT molecular complexity index is 304. The zero-order valence-corrected chi connectivity index (χ0v) is 5.74. The Hall–Kier alpha value is -1.49. The standard InChI is InChI=1S/C6H8N4O/c7-5-4-3(2-11-5)1-9-6(8)10-4/h1-2,6,10H,7-8H2. The summed E-state index contributed by atoms with van der Waals surface area (Å²) in [5.41, 5.74) is 12.5. The fourth-order valence-corrected chi connectivity index (χ4v) is 0.982. The summed E-state index contributed by atoms with van der Waals surface area (Å²) in [5.74, 6) is 0.349. The van der Waals surface area contributed by atoms with Gasteiger partial charge in [0.25, 0.3) is 0 Å². The van der Waals surface area contributed by atoms with Gasteiger partial charge in [-0.05, 0) is 0 Å². The average molecular weight is 152 g/mol. The molecule has 0 radical (unpaired) electrons. The van der Waals surface area contributed by atoms with Crippen molar-refractivity contribution in [2.45, 2.75) is 6.29 Å². The van der Waals surface area contributed by atoms with Crippen molar-refractivity contribution in [3.63, 3.8) is 0 Å². The van der Waals surface area contributed by atoms with E-state index in [0.717, 1.165) is 11.3 Å². The minimum absolute atomic E-state index is 0.349. The first kappa shape index (κ1) is 6.23. The highest BCUT2D eigenvalue weighted by Gasteiger charge is 2.15. The first-order valence-corrected chi connectivity index (χ1v) is 3.19. The lowest BCUT2D eigenvalue weighted by molar-refractivity contribution is 0.588. The van der Waals surface area contributed by atoms with Crippen molar-refractivity contribution in [3.8, 4) is 0 Å². The number of furan rings is 1. The number of nitrogens with one attached hydrogen (secondary N) is 1. The predicted octanol–water partition coefficient (Wildman–Crippen LogP) is -0.0515. The first-order chi connectivity index (χ1) is 5.27. The van der Waals surface area contributed by atoms with E-state index >= 15 is 0 Å². The number of anilines is 2. The number of nitrogens with two attached hydrogens (primary N) is 2. The van der Waals surface area contributed by atoms with Crippen LogP contribution in [0.1, 0.15) is 5.56 Å². The number of nitrogens with zero attached hydrogens (tertiary/aromatic N) is 1. The van der Waals surface area contributed by atoms with E-state index in [1.165, 1.54) is 6.26 Å². The van der Waals surface area contributed by atoms with Crippen LogP contribution in [0.15, 0.2) is 15.7 Å². The third-order valence-electron chi connectivity index (χ3n) is 1.51. The summed E-state index contributed by atoms with van der Waals surface area (Å²) in [6.07, 6.45) is 2.76. The molecule has 5 heteroatoms. The molecule has 0 aromatic carbocycles. The van der Waals surface area contributed by atoms with E-state index in [-0.39, 0.29) is 0 Å². The Morgan fingerprint density at radius 3 is 3.27 bits per heavy atom. The van der Waals surface area contributed by atoms with Gasteiger partial charge in [-0.1, -0.05) is 0 Å². The Balaban J connectivity index is 2.48. The summed E-state index contributed by atoms with van der Waals surface area (Å²) in [4.78, 5) is 3.91. The number of nitrogen functional groups attached to an aromatic ring is 1. The minimum Gasteiger partial charge on any atom is -0.446 e. The lowest BCUT2D eigenvalue weighted by atomic mass is 10.3. The largest absolute Gasteiger partial charge is 0.446 e. The quantitative estimate of drug-likeness (QED) is 0.486. The van der Waals surface area contributed by atoms with Crippen LogP contribution < -0.4 is 16.8 Å². The molecular formula is C6H8N4O. The summed E-state index contributed by atoms with van der Waals surface area (Å²) in [7, 11) is 0. The van der Waals surface area contributed by atoms with Crippen LogP contribution in [-0.4, -0.2) is 12.5 Å². The maximum absolute atomic E-state index is 5.48. The van der Waals surface area contributed by atoms with Gasteiger partial charge in [-0.2, -0.15) is 0 Å². The third kappa shape index (κ3) is 0.857. The van der Waals surface area contributed by atoms with Crippen molar-refractivity contribution in [1.82, 2.24) is 0 Å². The molecule has 0 saturated carbocycles. The molecule has 1 atom stereocenters. The van der Waals surface area contributed by atoms with E-state index in [0.29, 0.717) is 5.88 Å². The zero-order chi connectivity index (χ0) is 7.84. The van der Waals surface area contributed by atoms with E-state index < -0.39 is 6.29 Å². The fourth-order valence-electron chi connectivity index (χ4n) is 0.982. The van der Waals surface area contributed by atoms with Crippen molar-refractivity contribution in [2.75, 3.05) is 11.1 Å². The molecule has 58 valence electrons. The highest BCUT2D eigenvalue weighted by Crippen LogP contribution is 2.26. The van der Waals surface area contributed by atoms with Gasteiger partial charge in [-0.25, -0.2) is 0 Å². The van der Waals surface area contributed by atoms with Gasteiger partial charge in [-0.3, -0.25) is 10.7 Å². The number of rotatable bonds is 0. The van der Waals surface area contributed by atoms with Crippen LogP contribution in [0.5, 0.6) is 0 Å². The monoisotopic (exact) mass is 152 g/mol. The number of aliphatic imine (C=N–C) groups is 1. The molecule has 0 fully saturated rings. The molecule has 1 aliphatic rings. The summed E-state index contributed by atoms with van der Waals surface area (Å²) in [6, 6.07) is 0. The molecule has 5 N–H and O–H groups in total. The molecule has 0 spiro atoms. The Morgan fingerprint density at radius 2 is 2.45 bits per heavy atom. The van der Waals surface area contributed by atoms with Crippen LogP contribution in [-0.2, 0) is 0 Å². The molecule has 0 aliphatic carbocycles. The van der Waals surface area contributed by atoms with Crippen molar-refractivity contribution >= 4 is 17.8 Å². The van der Waals surface area contributed by atoms with E-state index in [9.17, 15) is 0 Å². The summed E-state index contributed by atoms with van der Waals surface area (Å²) in [6.45, 7) is 0. The second kappa shape index (κ2) is 2.00. The topological polar surface area (TPSA) is 89.6 Å². The summed E-state index contributed by atoms with van der Waals surface area (Å²) >= 11 is 0. The Kier molecular flexibility index (Phi) is 1.13. The van der Waals surface area contributed by atoms with Crippen LogP contribution in [0.3, 0.4) is 0 Å². The highest BCUT2D eigenvalue weighted by atomic mass is 16.3. The van der Waals surface area contributed by atoms with Crippen molar-refractivity contribution < 1.29 is 4.42 Å². The number of fused-ring (bicyclic) bond motifs is 1. The molecule has 0 saturated heterocycles. The van der Waals surface area contributed by atoms with Gasteiger partial charge in [-0.15, -0.1) is 0 Å². The molecule has 5 nitrogen and oxygen atoms in total. The highest BCUT2D eigenvalue weighted by molar-refractivity contribution is 5.92. The predicted molar refractivity (Wildman–Crippen MR) is 42.3 cm³/mol. The molecular weight excluding hydrogens is 144 g/mol. The lowest BCUT2D eigenvalue weighted by Crippen LogP contribution is -2.30. The normalized spacial score (nSPS) is 21.0. The van der Waals surface area contributed by atoms with E-state index in [1.807, 2.05) is 0 Å². The first-order valence-electron chi connectivity index (χ1n) is 3.19. The number of hydrogen-bond acceptors (Lipinski definition) is 5. The molecule has 1 aromatic heterocycles. The van der Waals surface area contributed by atoms with E-state index in [2.05, 4.69) is 10.3 Å². The van der Waals surface area contributed by atoms with Gasteiger partial charge in [0.1, 0.15) is 12.0 Å². The van der Waals surface area contributed by atoms with Gasteiger partial charge in [0.2, 0.25) is 5.88 Å². The van der Waals surface area contributed by atoms with Gasteiger partial charge >= 0.3 is 0 Å². The molecule has 1 unspecified atom stereocenters. The van der Waals surface area contributed by atoms with Crippen molar-refractivity contribution in [1.29, 1.82) is 0 Å². The Labute approximate surface area is 63.1 Å². The second-order valence-electron chi connectivity index (χ2n) is 2.30. The second-order valence-corrected chi connectivity index (χ2v) is 2.30. The summed E-state index contributed by atoms with van der Waals surface area (Å²) in [5, 5.41) is 2.87. The van der Waals surface area contributed by atoms with Crippen LogP contribution in [0.25, 0.3) is 0 Å². The van der Waals surface area contributed by atoms with Crippen molar-refractivity contribution in [3.05, 3.63) is 11.8 Å². The van der Waals surface area contributed by atoms with Gasteiger partial charge < -0.3 is 15.5 Å². The maximum atomic E-state index is 5.48. The van der Waals surface area contributed by atoms with Crippen LogP contribution >= 0.6 is 0 Å². The molecule has 2 heterocycles. The van der Waals surface area contributed by atoms with Crippen LogP contribution in [0, 0.1) is 0 Å². The molecule has 1 aliphatic heterocycles. The third-order valence-corrected chi connectivity index (χ3v) is 1.51. The minimum atomic E-state index is -0.414. The zero-order valence-electron chi connectivity index (χ0n) is 5.74. The SMILES string of the molecule is Nc1occ2c1NC(N)N=C2. The smallest absolute Gasteiger partial charge is 0.214 e. The fraction of sp³-hybridized carbons (Fsp3) is 0.167. The lowest BCUT2D eigenvalue weighted by Gasteiger charge is -2.13. The number of hydrogen-bond donors (Lipinski definition) is 3. The van der Waals surface area contributed by atoms with E-state index in [1.54, 1.807) is 6.21 Å². The maximum Gasteiger partial charge on any atom is 0.214 e. The molecule has 0 amide bonds. The van der Waals surface area contributed by atoms with Gasteiger partial charge in [0, 0.05) is 6.21 Å². The Morgan fingerprint density at radius 1 is 1.64 bits per heavy atom. The molecule has 1 aromatic rings. The van der Waals surface area contributed by atoms with Gasteiger partial charge in [0.15, 0.2) is 6.29 Å². The van der Waals surface area contributed by atoms with E-state index in [4.69, 9.17) is 15.9 Å². The molecule has 2 rings (SSSR count). The van der Waals surface area contributed by atoms with Gasteiger partial charge in [0.05, 0.1) is 5.56 Å². The molecule has 0 bridgehead atoms. The average Bonchev–Trinajstić information content (AvgIpc) is 2.33. The van der Waals surface area contributed by atoms with Crippen LogP contribution in [0.4, 0.5) is 11.6 Å². The summed E-state index contributed by atoms with van der Waals surface area (Å²) < 4.78 is 4.93. The van der Waals surface area contributed by atoms with Crippen molar-refractivity contribution in [2.24, 2.45) is 10.7 Å².